The lowest BCUT2D eigenvalue weighted by Crippen LogP contribution is -2.03. The first-order valence-corrected chi connectivity index (χ1v) is 18.1. The molecule has 0 bridgehead atoms. The van der Waals surface area contributed by atoms with E-state index in [1.807, 2.05) is 12.1 Å². The van der Waals surface area contributed by atoms with E-state index >= 15 is 0 Å². The monoisotopic (exact) mass is 678 g/mol. The van der Waals surface area contributed by atoms with Gasteiger partial charge in [0.2, 0.25) is 0 Å². The Morgan fingerprint density at radius 1 is 0.434 bits per heavy atom. The smallest absolute Gasteiger partial charge is 0.136 e. The Kier molecular flexibility index (Phi) is 5.80. The Morgan fingerprint density at radius 3 is 2.04 bits per heavy atom. The van der Waals surface area contributed by atoms with Crippen LogP contribution in [0.15, 0.2) is 174 Å². The SMILES string of the molecule is c1cc(-c2ccccc2-n2c3ccccc3c3c4c(ccc32)oc2ccccc24)cc(-n2c3ccccc3c3c4c(ccc32)Oc2ccccc2C4)c1. The molecule has 0 saturated heterocycles. The van der Waals surface area contributed by atoms with Crippen molar-refractivity contribution in [3.8, 4) is 34.0 Å². The van der Waals surface area contributed by atoms with Crippen LogP contribution in [-0.4, -0.2) is 9.13 Å². The van der Waals surface area contributed by atoms with E-state index in [4.69, 9.17) is 9.15 Å². The Labute approximate surface area is 304 Å². The molecule has 0 aliphatic carbocycles. The van der Waals surface area contributed by atoms with Gasteiger partial charge in [-0.15, -0.1) is 0 Å². The number of aromatic nitrogens is 2. The van der Waals surface area contributed by atoms with Crippen LogP contribution < -0.4 is 4.74 Å². The summed E-state index contributed by atoms with van der Waals surface area (Å²) in [6, 6.07) is 60.7. The zero-order valence-corrected chi connectivity index (χ0v) is 28.6. The van der Waals surface area contributed by atoms with E-state index in [-0.39, 0.29) is 0 Å². The molecule has 1 aliphatic heterocycles. The quantitative estimate of drug-likeness (QED) is 0.186. The number of fused-ring (bicyclic) bond motifs is 13. The zero-order valence-electron chi connectivity index (χ0n) is 28.6. The average Bonchev–Trinajstić information content (AvgIpc) is 3.88. The summed E-state index contributed by atoms with van der Waals surface area (Å²) in [7, 11) is 0. The van der Waals surface area contributed by atoms with Gasteiger partial charge in [-0.3, -0.25) is 0 Å². The van der Waals surface area contributed by atoms with Gasteiger partial charge in [-0.1, -0.05) is 103 Å². The Hall–Kier alpha value is -7.04. The normalized spacial score (nSPS) is 12.6. The molecule has 11 aromatic rings. The highest BCUT2D eigenvalue weighted by molar-refractivity contribution is 6.27. The van der Waals surface area contributed by atoms with Gasteiger partial charge in [0, 0.05) is 55.6 Å². The summed E-state index contributed by atoms with van der Waals surface area (Å²) < 4.78 is 17.7. The zero-order chi connectivity index (χ0) is 34.6. The lowest BCUT2D eigenvalue weighted by molar-refractivity contribution is 0.461. The first kappa shape index (κ1) is 28.6. The number of furan rings is 1. The van der Waals surface area contributed by atoms with Crippen LogP contribution in [0.4, 0.5) is 0 Å². The summed E-state index contributed by atoms with van der Waals surface area (Å²) in [5.41, 5.74) is 13.5. The van der Waals surface area contributed by atoms with Crippen LogP contribution in [0.2, 0.25) is 0 Å². The second-order valence-electron chi connectivity index (χ2n) is 14.0. The van der Waals surface area contributed by atoms with Crippen molar-refractivity contribution in [2.75, 3.05) is 0 Å². The highest BCUT2D eigenvalue weighted by Gasteiger charge is 2.24. The van der Waals surface area contributed by atoms with Crippen molar-refractivity contribution < 1.29 is 9.15 Å². The fourth-order valence-electron chi connectivity index (χ4n) is 8.98. The highest BCUT2D eigenvalue weighted by atomic mass is 16.5. The van der Waals surface area contributed by atoms with Crippen LogP contribution >= 0.6 is 0 Å². The second-order valence-corrected chi connectivity index (χ2v) is 14.0. The molecule has 4 heterocycles. The van der Waals surface area contributed by atoms with E-state index < -0.39 is 0 Å². The molecule has 53 heavy (non-hydrogen) atoms. The summed E-state index contributed by atoms with van der Waals surface area (Å²) >= 11 is 0. The van der Waals surface area contributed by atoms with Crippen LogP contribution in [0.5, 0.6) is 11.5 Å². The molecule has 0 atom stereocenters. The van der Waals surface area contributed by atoms with Gasteiger partial charge < -0.3 is 18.3 Å². The van der Waals surface area contributed by atoms with Crippen molar-refractivity contribution in [3.05, 3.63) is 181 Å². The largest absolute Gasteiger partial charge is 0.457 e. The minimum atomic E-state index is 0.837. The maximum absolute atomic E-state index is 6.46. The molecule has 0 unspecified atom stereocenters. The molecule has 0 radical (unpaired) electrons. The van der Waals surface area contributed by atoms with Crippen molar-refractivity contribution in [1.29, 1.82) is 0 Å². The first-order chi connectivity index (χ1) is 26.3. The van der Waals surface area contributed by atoms with Crippen molar-refractivity contribution in [2.24, 2.45) is 0 Å². The molecule has 4 nitrogen and oxygen atoms in total. The molecule has 4 heteroatoms. The number of ether oxygens (including phenoxy) is 1. The first-order valence-electron chi connectivity index (χ1n) is 18.1. The third kappa shape index (κ3) is 4.00. The van der Waals surface area contributed by atoms with Gasteiger partial charge >= 0.3 is 0 Å². The maximum Gasteiger partial charge on any atom is 0.136 e. The Morgan fingerprint density at radius 2 is 1.13 bits per heavy atom. The topological polar surface area (TPSA) is 32.2 Å². The van der Waals surface area contributed by atoms with Gasteiger partial charge in [0.25, 0.3) is 0 Å². The fraction of sp³-hybridized carbons (Fsp3) is 0.0204. The van der Waals surface area contributed by atoms with Gasteiger partial charge in [0.1, 0.15) is 22.7 Å². The molecule has 1 aliphatic rings. The summed E-state index contributed by atoms with van der Waals surface area (Å²) in [6.07, 6.45) is 0.837. The van der Waals surface area contributed by atoms with E-state index in [0.29, 0.717) is 0 Å². The van der Waals surface area contributed by atoms with Gasteiger partial charge in [-0.05, 0) is 77.9 Å². The molecule has 8 aromatic carbocycles. The van der Waals surface area contributed by atoms with Crippen LogP contribution in [0, 0.1) is 0 Å². The predicted octanol–water partition coefficient (Wildman–Crippen LogP) is 13.1. The predicted molar refractivity (Wildman–Crippen MR) is 217 cm³/mol. The van der Waals surface area contributed by atoms with Crippen LogP contribution in [0.25, 0.3) is 88.1 Å². The molecule has 0 fully saturated rings. The van der Waals surface area contributed by atoms with Gasteiger partial charge in [-0.2, -0.15) is 0 Å². The van der Waals surface area contributed by atoms with Gasteiger partial charge in [0.15, 0.2) is 0 Å². The number of nitrogens with zero attached hydrogens (tertiary/aromatic N) is 2. The minimum absolute atomic E-state index is 0.837. The number of hydrogen-bond donors (Lipinski definition) is 0. The molecule has 248 valence electrons. The molecule has 12 rings (SSSR count). The van der Waals surface area contributed by atoms with Crippen LogP contribution in [-0.2, 0) is 6.42 Å². The molecule has 0 spiro atoms. The van der Waals surface area contributed by atoms with Crippen molar-refractivity contribution in [2.45, 2.75) is 6.42 Å². The Bertz CT molecular complexity index is 3300. The van der Waals surface area contributed by atoms with Gasteiger partial charge in [0.05, 0.1) is 27.8 Å². The third-order valence-corrected chi connectivity index (χ3v) is 11.2. The van der Waals surface area contributed by atoms with Crippen LogP contribution in [0.3, 0.4) is 0 Å². The maximum atomic E-state index is 6.46. The van der Waals surface area contributed by atoms with E-state index in [1.165, 1.54) is 49.2 Å². The summed E-state index contributed by atoms with van der Waals surface area (Å²) in [4.78, 5) is 0. The van der Waals surface area contributed by atoms with Crippen molar-refractivity contribution in [3.63, 3.8) is 0 Å². The minimum Gasteiger partial charge on any atom is -0.457 e. The Balaban J connectivity index is 1.08. The third-order valence-electron chi connectivity index (χ3n) is 11.2. The van der Waals surface area contributed by atoms with Gasteiger partial charge in [-0.25, -0.2) is 0 Å². The molecular weight excluding hydrogens is 649 g/mol. The van der Waals surface area contributed by atoms with E-state index in [9.17, 15) is 0 Å². The average molecular weight is 679 g/mol. The van der Waals surface area contributed by atoms with Crippen molar-refractivity contribution >= 4 is 65.6 Å². The number of para-hydroxylation sites is 5. The molecule has 3 aromatic heterocycles. The molecular formula is C49H30N2O2. The summed E-state index contributed by atoms with van der Waals surface area (Å²) in [5.74, 6) is 1.88. The highest BCUT2D eigenvalue weighted by Crippen LogP contribution is 2.46. The van der Waals surface area contributed by atoms with Crippen molar-refractivity contribution in [1.82, 2.24) is 9.13 Å². The van der Waals surface area contributed by atoms with E-state index in [2.05, 4.69) is 167 Å². The number of hydrogen-bond acceptors (Lipinski definition) is 2. The summed E-state index contributed by atoms with van der Waals surface area (Å²) in [6.45, 7) is 0. The molecule has 0 N–H and O–H groups in total. The second kappa shape index (κ2) is 10.7. The van der Waals surface area contributed by atoms with E-state index in [0.717, 1.165) is 67.9 Å². The number of rotatable bonds is 3. The lowest BCUT2D eigenvalue weighted by atomic mass is 9.96. The standard InChI is InChI=1S/C49H30N2O2/c1-9-22-43-31(12-1)29-37-45(52-43)26-24-41-47(37)34-16-3-7-20-39(34)50(41)32-14-11-13-30(28-32)33-15-2-6-19-38(33)51-40-21-8-4-17-35(40)48-42(51)25-27-46-49(48)36-18-5-10-23-44(36)53-46/h1-28H,29H2. The molecule has 0 amide bonds. The lowest BCUT2D eigenvalue weighted by Gasteiger charge is -2.21. The summed E-state index contributed by atoms with van der Waals surface area (Å²) in [5, 5.41) is 7.21. The van der Waals surface area contributed by atoms with E-state index in [1.54, 1.807) is 0 Å². The van der Waals surface area contributed by atoms with Crippen LogP contribution in [0.1, 0.15) is 11.1 Å². The molecule has 0 saturated carbocycles. The number of benzene rings is 8. The fourth-order valence-corrected chi connectivity index (χ4v) is 8.98.